The third-order valence-electron chi connectivity index (χ3n) is 8.08. The number of benzene rings is 2. The summed E-state index contributed by atoms with van der Waals surface area (Å²) >= 11 is 0. The van der Waals surface area contributed by atoms with Gasteiger partial charge in [0.25, 0.3) is 5.91 Å². The molecule has 12 heteroatoms. The number of aromatic nitrogens is 3. The molecule has 2 aromatic heterocycles. The Balaban J connectivity index is 0.000000218. The van der Waals surface area contributed by atoms with Crippen molar-refractivity contribution in [3.63, 3.8) is 0 Å². The van der Waals surface area contributed by atoms with E-state index in [-0.39, 0.29) is 41.2 Å². The summed E-state index contributed by atoms with van der Waals surface area (Å²) in [5, 5.41) is 9.33. The molecule has 0 bridgehead atoms. The molecule has 2 saturated carbocycles. The quantitative estimate of drug-likeness (QED) is 0.166. The largest absolute Gasteiger partial charge is 0.462 e. The molecule has 1 amide bonds. The average Bonchev–Trinajstić information content (AvgIpc) is 3.43. The van der Waals surface area contributed by atoms with E-state index >= 15 is 0 Å². The lowest BCUT2D eigenvalue weighted by Crippen LogP contribution is -2.32. The number of amides is 1. The first-order valence-electron chi connectivity index (χ1n) is 17.4. The summed E-state index contributed by atoms with van der Waals surface area (Å²) in [4.78, 5) is 27.2. The topological polar surface area (TPSA) is 137 Å². The van der Waals surface area contributed by atoms with Crippen LogP contribution in [0.2, 0.25) is 0 Å². The zero-order valence-corrected chi connectivity index (χ0v) is 31.0. The second-order valence-corrected chi connectivity index (χ2v) is 15.6. The molecule has 50 heavy (non-hydrogen) atoms. The van der Waals surface area contributed by atoms with Crippen molar-refractivity contribution in [2.45, 2.75) is 104 Å². The standard InChI is InChI=1S/C23H22N4O2.C9H16O2.C6H13NO2S/c1-16(2)27-24-21(17-9-5-4-6-10-17)22(25-27)18-11-7-12-19(15-18)23(28)26(3)20-13-8-14-29-20;1-7(2)9(10)11-8-5-3-4-6-8;1-5(2)7-10(8,9)6-3-4-6/h4-16H,1-3H3;7-8H,3-6H2,1-2H3;5-7H,3-4H2,1-2H3. The van der Waals surface area contributed by atoms with Crippen LogP contribution < -0.4 is 9.62 Å². The number of rotatable bonds is 10. The lowest BCUT2D eigenvalue weighted by atomic mass is 10.0. The minimum absolute atomic E-state index is 0.0237. The van der Waals surface area contributed by atoms with Gasteiger partial charge in [0, 0.05) is 35.8 Å². The van der Waals surface area contributed by atoms with E-state index < -0.39 is 10.0 Å². The van der Waals surface area contributed by atoms with Crippen LogP contribution in [0.5, 0.6) is 0 Å². The normalized spacial score (nSPS) is 14.6. The van der Waals surface area contributed by atoms with Crippen LogP contribution in [-0.2, 0) is 19.6 Å². The Hall–Kier alpha value is -4.29. The molecule has 2 aliphatic carbocycles. The minimum atomic E-state index is -2.94. The summed E-state index contributed by atoms with van der Waals surface area (Å²) in [6.07, 6.45) is 8.02. The first-order valence-corrected chi connectivity index (χ1v) is 19.0. The van der Waals surface area contributed by atoms with Crippen molar-refractivity contribution in [2.24, 2.45) is 5.92 Å². The van der Waals surface area contributed by atoms with E-state index in [1.807, 2.05) is 90.1 Å². The van der Waals surface area contributed by atoms with Gasteiger partial charge in [0.2, 0.25) is 15.9 Å². The highest BCUT2D eigenvalue weighted by Crippen LogP contribution is 2.31. The number of anilines is 1. The van der Waals surface area contributed by atoms with E-state index in [2.05, 4.69) is 4.72 Å². The Bertz CT molecular complexity index is 1770. The summed E-state index contributed by atoms with van der Waals surface area (Å²) in [6, 6.07) is 21.1. The number of carbonyl (C=O) groups excluding carboxylic acids is 2. The maximum absolute atomic E-state index is 12.9. The van der Waals surface area contributed by atoms with Crippen LogP contribution in [-0.4, -0.2) is 59.7 Å². The second kappa shape index (κ2) is 17.6. The fraction of sp³-hybridized carbons (Fsp3) is 0.474. The molecule has 6 rings (SSSR count). The SMILES string of the molecule is CC(C)C(=O)OC1CCCC1.CC(C)NS(=O)(=O)C1CC1.CC(C)n1nc(-c2ccccc2)c(-c2cccc(C(=O)N(C)c3ccco3)c2)n1. The molecule has 0 saturated heterocycles. The molecule has 2 aliphatic rings. The monoisotopic (exact) mass is 705 g/mol. The van der Waals surface area contributed by atoms with E-state index in [1.54, 1.807) is 36.3 Å². The lowest BCUT2D eigenvalue weighted by molar-refractivity contribution is -0.152. The van der Waals surface area contributed by atoms with Crippen molar-refractivity contribution in [3.8, 4) is 22.5 Å². The highest BCUT2D eigenvalue weighted by atomic mass is 32.2. The molecule has 2 heterocycles. The van der Waals surface area contributed by atoms with Gasteiger partial charge >= 0.3 is 5.97 Å². The Morgan fingerprint density at radius 2 is 1.48 bits per heavy atom. The molecule has 0 radical (unpaired) electrons. The van der Waals surface area contributed by atoms with Gasteiger partial charge in [-0.05, 0) is 84.4 Å². The maximum atomic E-state index is 12.9. The molecule has 0 spiro atoms. The molecule has 2 aromatic carbocycles. The number of nitrogens with zero attached hydrogens (tertiary/aromatic N) is 4. The summed E-state index contributed by atoms with van der Waals surface area (Å²) in [5.74, 6) is 0.322. The Kier molecular flexibility index (Phi) is 13.5. The van der Waals surface area contributed by atoms with Crippen LogP contribution in [0.1, 0.15) is 96.5 Å². The van der Waals surface area contributed by atoms with Crippen molar-refractivity contribution >= 4 is 27.8 Å². The van der Waals surface area contributed by atoms with E-state index in [0.29, 0.717) is 11.4 Å². The molecule has 0 atom stereocenters. The highest BCUT2D eigenvalue weighted by Gasteiger charge is 2.35. The predicted octanol–water partition coefficient (Wildman–Crippen LogP) is 7.67. The molecule has 4 aromatic rings. The second-order valence-electron chi connectivity index (χ2n) is 13.6. The number of carbonyl (C=O) groups is 2. The number of sulfonamides is 1. The summed E-state index contributed by atoms with van der Waals surface area (Å²) in [5.41, 5.74) is 3.93. The lowest BCUT2D eigenvalue weighted by Gasteiger charge is -2.14. The molecular weight excluding hydrogens is 655 g/mol. The first kappa shape index (κ1) is 38.5. The van der Waals surface area contributed by atoms with Crippen LogP contribution in [0, 0.1) is 5.92 Å². The molecule has 2 fully saturated rings. The zero-order chi connectivity index (χ0) is 36.4. The maximum Gasteiger partial charge on any atom is 0.308 e. The van der Waals surface area contributed by atoms with Crippen molar-refractivity contribution < 1.29 is 27.2 Å². The van der Waals surface area contributed by atoms with Crippen LogP contribution in [0.15, 0.2) is 77.4 Å². The minimum Gasteiger partial charge on any atom is -0.462 e. The molecule has 270 valence electrons. The number of nitrogens with one attached hydrogen (secondary N) is 1. The number of esters is 1. The number of hydrogen-bond acceptors (Lipinski definition) is 8. The van der Waals surface area contributed by atoms with Gasteiger partial charge in [-0.15, -0.1) is 0 Å². The smallest absolute Gasteiger partial charge is 0.308 e. The highest BCUT2D eigenvalue weighted by molar-refractivity contribution is 7.90. The van der Waals surface area contributed by atoms with E-state index in [1.165, 1.54) is 17.7 Å². The van der Waals surface area contributed by atoms with Gasteiger partial charge in [0.15, 0.2) is 0 Å². The van der Waals surface area contributed by atoms with Crippen molar-refractivity contribution in [3.05, 3.63) is 78.6 Å². The van der Waals surface area contributed by atoms with Gasteiger partial charge in [0.05, 0.1) is 23.5 Å². The van der Waals surface area contributed by atoms with E-state index in [0.717, 1.165) is 48.2 Å². The zero-order valence-electron chi connectivity index (χ0n) is 30.2. The van der Waals surface area contributed by atoms with Crippen molar-refractivity contribution in [2.75, 3.05) is 11.9 Å². The van der Waals surface area contributed by atoms with Crippen molar-refractivity contribution in [1.29, 1.82) is 0 Å². The number of furan rings is 1. The third-order valence-corrected chi connectivity index (χ3v) is 10.2. The number of ether oxygens (including phenoxy) is 1. The van der Waals surface area contributed by atoms with Gasteiger partial charge in [-0.2, -0.15) is 15.0 Å². The van der Waals surface area contributed by atoms with Crippen LogP contribution in [0.4, 0.5) is 5.88 Å². The Labute approximate surface area is 296 Å². The molecular formula is C38H51N5O6S. The fourth-order valence-electron chi connectivity index (χ4n) is 5.20. The molecule has 0 unspecified atom stereocenters. The summed E-state index contributed by atoms with van der Waals surface area (Å²) in [7, 11) is -1.24. The van der Waals surface area contributed by atoms with Crippen molar-refractivity contribution in [1.82, 2.24) is 19.7 Å². The van der Waals surface area contributed by atoms with Gasteiger partial charge in [0.1, 0.15) is 17.5 Å². The Morgan fingerprint density at radius 1 is 0.860 bits per heavy atom. The van der Waals surface area contributed by atoms with Gasteiger partial charge < -0.3 is 9.15 Å². The average molecular weight is 706 g/mol. The van der Waals surface area contributed by atoms with E-state index in [4.69, 9.17) is 19.4 Å². The van der Waals surface area contributed by atoms with E-state index in [9.17, 15) is 18.0 Å². The summed E-state index contributed by atoms with van der Waals surface area (Å²) < 4.78 is 35.3. The fourth-order valence-corrected chi connectivity index (χ4v) is 6.81. The first-order chi connectivity index (χ1) is 23.8. The third kappa shape index (κ3) is 10.9. The summed E-state index contributed by atoms with van der Waals surface area (Å²) in [6.45, 7) is 11.5. The number of hydrogen-bond donors (Lipinski definition) is 1. The molecule has 11 nitrogen and oxygen atoms in total. The molecule has 0 aliphatic heterocycles. The Morgan fingerprint density at radius 3 is 2.02 bits per heavy atom. The van der Waals surface area contributed by atoms with Gasteiger partial charge in [-0.3, -0.25) is 14.5 Å². The van der Waals surface area contributed by atoms with Crippen LogP contribution in [0.25, 0.3) is 22.5 Å². The predicted molar refractivity (Wildman–Crippen MR) is 196 cm³/mol. The van der Waals surface area contributed by atoms with Crippen LogP contribution in [0.3, 0.4) is 0 Å². The van der Waals surface area contributed by atoms with Gasteiger partial charge in [-0.25, -0.2) is 13.1 Å². The van der Waals surface area contributed by atoms with Crippen LogP contribution >= 0.6 is 0 Å². The van der Waals surface area contributed by atoms with Gasteiger partial charge in [-0.1, -0.05) is 56.3 Å². The molecule has 1 N–H and O–H groups in total.